The van der Waals surface area contributed by atoms with Gasteiger partial charge < -0.3 is 14.4 Å². The third kappa shape index (κ3) is 2.92. The average Bonchev–Trinajstić information content (AvgIpc) is 3.23. The van der Waals surface area contributed by atoms with Crippen molar-refractivity contribution in [3.8, 4) is 0 Å². The van der Waals surface area contributed by atoms with Gasteiger partial charge in [-0.15, -0.1) is 0 Å². The van der Waals surface area contributed by atoms with Gasteiger partial charge in [0.1, 0.15) is 0 Å². The smallest absolute Gasteiger partial charge is 0.0984 e. The summed E-state index contributed by atoms with van der Waals surface area (Å²) in [5.74, 6) is 0. The lowest BCUT2D eigenvalue weighted by Gasteiger charge is -2.23. The largest absolute Gasteiger partial charge is 0.371 e. The SMILES string of the molecule is C=C(C)c1ccc(N(CC2CO2)CC2CO2)cc1. The summed E-state index contributed by atoms with van der Waals surface area (Å²) >= 11 is 0. The standard InChI is InChI=1S/C15H19NO2/c1-11(2)12-3-5-13(6-4-12)16(7-14-9-17-14)8-15-10-18-15/h3-6,14-15H,1,7-10H2,2H3. The molecule has 2 atom stereocenters. The van der Waals surface area contributed by atoms with E-state index in [1.165, 1.54) is 11.3 Å². The van der Waals surface area contributed by atoms with Crippen molar-refractivity contribution < 1.29 is 9.47 Å². The number of rotatable bonds is 6. The van der Waals surface area contributed by atoms with Crippen molar-refractivity contribution in [2.75, 3.05) is 31.2 Å². The van der Waals surface area contributed by atoms with Crippen molar-refractivity contribution in [3.05, 3.63) is 36.4 Å². The highest BCUT2D eigenvalue weighted by Gasteiger charge is 2.30. The van der Waals surface area contributed by atoms with Crippen LogP contribution in [0.5, 0.6) is 0 Å². The molecule has 1 aromatic carbocycles. The van der Waals surface area contributed by atoms with Gasteiger partial charge in [-0.25, -0.2) is 0 Å². The molecule has 2 aliphatic rings. The Labute approximate surface area is 108 Å². The predicted octanol–water partition coefficient (Wildman–Crippen LogP) is 2.32. The summed E-state index contributed by atoms with van der Waals surface area (Å²) < 4.78 is 10.7. The van der Waals surface area contributed by atoms with E-state index in [-0.39, 0.29) is 0 Å². The molecule has 2 saturated heterocycles. The summed E-state index contributed by atoms with van der Waals surface area (Å²) in [5.41, 5.74) is 3.54. The lowest BCUT2D eigenvalue weighted by Crippen LogP contribution is -2.31. The molecule has 0 bridgehead atoms. The van der Waals surface area contributed by atoms with Gasteiger partial charge in [-0.3, -0.25) is 0 Å². The molecule has 3 rings (SSSR count). The van der Waals surface area contributed by atoms with Gasteiger partial charge in [-0.05, 0) is 24.6 Å². The van der Waals surface area contributed by atoms with Gasteiger partial charge in [-0.2, -0.15) is 0 Å². The van der Waals surface area contributed by atoms with Crippen LogP contribution in [0.15, 0.2) is 30.8 Å². The van der Waals surface area contributed by atoms with E-state index >= 15 is 0 Å². The highest BCUT2D eigenvalue weighted by atomic mass is 16.6. The van der Waals surface area contributed by atoms with Crippen molar-refractivity contribution in [1.29, 1.82) is 0 Å². The Balaban J connectivity index is 1.72. The Morgan fingerprint density at radius 1 is 1.17 bits per heavy atom. The third-order valence-electron chi connectivity index (χ3n) is 3.38. The second kappa shape index (κ2) is 4.75. The van der Waals surface area contributed by atoms with Gasteiger partial charge in [0.2, 0.25) is 0 Å². The Morgan fingerprint density at radius 3 is 2.06 bits per heavy atom. The molecular weight excluding hydrogens is 226 g/mol. The molecule has 2 unspecified atom stereocenters. The second-order valence-electron chi connectivity index (χ2n) is 5.14. The Morgan fingerprint density at radius 2 is 1.67 bits per heavy atom. The zero-order valence-corrected chi connectivity index (χ0v) is 10.8. The molecule has 18 heavy (non-hydrogen) atoms. The molecule has 0 amide bonds. The molecule has 0 aliphatic carbocycles. The lowest BCUT2D eigenvalue weighted by atomic mass is 10.1. The van der Waals surface area contributed by atoms with E-state index in [1.54, 1.807) is 0 Å². The fourth-order valence-electron chi connectivity index (χ4n) is 2.08. The van der Waals surface area contributed by atoms with Crippen LogP contribution in [0.2, 0.25) is 0 Å². The van der Waals surface area contributed by atoms with E-state index in [2.05, 4.69) is 35.7 Å². The molecule has 1 aromatic rings. The van der Waals surface area contributed by atoms with Crippen LogP contribution in [0.3, 0.4) is 0 Å². The number of anilines is 1. The van der Waals surface area contributed by atoms with Gasteiger partial charge in [-0.1, -0.05) is 24.3 Å². The van der Waals surface area contributed by atoms with Crippen molar-refractivity contribution in [2.24, 2.45) is 0 Å². The first-order chi connectivity index (χ1) is 8.72. The maximum Gasteiger partial charge on any atom is 0.0984 e. The first-order valence-electron chi connectivity index (χ1n) is 6.46. The number of epoxide rings is 2. The molecule has 0 spiro atoms. The molecule has 2 fully saturated rings. The van der Waals surface area contributed by atoms with Crippen molar-refractivity contribution >= 4 is 11.3 Å². The fraction of sp³-hybridized carbons (Fsp3) is 0.467. The summed E-state index contributed by atoms with van der Waals surface area (Å²) in [6.07, 6.45) is 0.814. The molecule has 3 nitrogen and oxygen atoms in total. The number of hydrogen-bond donors (Lipinski definition) is 0. The Hall–Kier alpha value is -1.32. The molecule has 3 heteroatoms. The van der Waals surface area contributed by atoms with Crippen LogP contribution in [-0.4, -0.2) is 38.5 Å². The van der Waals surface area contributed by atoms with Crippen LogP contribution >= 0.6 is 0 Å². The van der Waals surface area contributed by atoms with Crippen LogP contribution in [0, 0.1) is 0 Å². The summed E-state index contributed by atoms with van der Waals surface area (Å²) in [6.45, 7) is 9.71. The van der Waals surface area contributed by atoms with Crippen LogP contribution < -0.4 is 4.90 Å². The normalized spacial score (nSPS) is 24.7. The van der Waals surface area contributed by atoms with E-state index in [4.69, 9.17) is 9.47 Å². The number of ether oxygens (including phenoxy) is 2. The summed E-state index contributed by atoms with van der Waals surface area (Å²) in [7, 11) is 0. The lowest BCUT2D eigenvalue weighted by molar-refractivity contribution is 0.389. The molecule has 0 radical (unpaired) electrons. The van der Waals surface area contributed by atoms with Crippen molar-refractivity contribution in [3.63, 3.8) is 0 Å². The van der Waals surface area contributed by atoms with Crippen molar-refractivity contribution in [2.45, 2.75) is 19.1 Å². The number of allylic oxidation sites excluding steroid dienone is 1. The fourth-order valence-corrected chi connectivity index (χ4v) is 2.08. The first kappa shape index (κ1) is 11.8. The molecule has 2 aliphatic heterocycles. The molecule has 0 aromatic heterocycles. The van der Waals surface area contributed by atoms with Crippen LogP contribution in [0.1, 0.15) is 12.5 Å². The van der Waals surface area contributed by atoms with Gasteiger partial charge in [0.05, 0.1) is 25.4 Å². The van der Waals surface area contributed by atoms with Crippen LogP contribution in [0.25, 0.3) is 5.57 Å². The monoisotopic (exact) mass is 245 g/mol. The zero-order chi connectivity index (χ0) is 12.5. The quantitative estimate of drug-likeness (QED) is 0.720. The van der Waals surface area contributed by atoms with Crippen molar-refractivity contribution in [1.82, 2.24) is 0 Å². The summed E-state index contributed by atoms with van der Waals surface area (Å²) in [4.78, 5) is 2.36. The minimum Gasteiger partial charge on any atom is -0.371 e. The van der Waals surface area contributed by atoms with E-state index in [0.29, 0.717) is 12.2 Å². The minimum atomic E-state index is 0.407. The maximum atomic E-state index is 5.33. The van der Waals surface area contributed by atoms with E-state index < -0.39 is 0 Å². The number of hydrogen-bond acceptors (Lipinski definition) is 3. The van der Waals surface area contributed by atoms with E-state index in [1.807, 2.05) is 6.92 Å². The molecule has 0 saturated carbocycles. The maximum absolute atomic E-state index is 5.33. The Bertz CT molecular complexity index is 418. The minimum absolute atomic E-state index is 0.407. The molecule has 96 valence electrons. The molecule has 2 heterocycles. The highest BCUT2D eigenvalue weighted by Crippen LogP contribution is 2.24. The van der Waals surface area contributed by atoms with Crippen LogP contribution in [-0.2, 0) is 9.47 Å². The number of benzene rings is 1. The summed E-state index contributed by atoms with van der Waals surface area (Å²) in [5, 5.41) is 0. The van der Waals surface area contributed by atoms with Gasteiger partial charge in [0.15, 0.2) is 0 Å². The Kier molecular flexibility index (Phi) is 3.10. The summed E-state index contributed by atoms with van der Waals surface area (Å²) in [6, 6.07) is 8.59. The number of nitrogens with zero attached hydrogens (tertiary/aromatic N) is 1. The topological polar surface area (TPSA) is 28.3 Å². The van der Waals surface area contributed by atoms with Gasteiger partial charge in [0, 0.05) is 18.8 Å². The first-order valence-corrected chi connectivity index (χ1v) is 6.46. The van der Waals surface area contributed by atoms with Gasteiger partial charge in [0.25, 0.3) is 0 Å². The van der Waals surface area contributed by atoms with Crippen LogP contribution in [0.4, 0.5) is 5.69 Å². The molecular formula is C15H19NO2. The zero-order valence-electron chi connectivity index (χ0n) is 10.8. The highest BCUT2D eigenvalue weighted by molar-refractivity contribution is 5.64. The van der Waals surface area contributed by atoms with E-state index in [0.717, 1.165) is 31.9 Å². The molecule has 0 N–H and O–H groups in total. The average molecular weight is 245 g/mol. The van der Waals surface area contributed by atoms with E-state index in [9.17, 15) is 0 Å². The predicted molar refractivity (Wildman–Crippen MR) is 72.8 cm³/mol. The third-order valence-corrected chi connectivity index (χ3v) is 3.38. The van der Waals surface area contributed by atoms with Gasteiger partial charge >= 0.3 is 0 Å². The second-order valence-corrected chi connectivity index (χ2v) is 5.14.